The van der Waals surface area contributed by atoms with Gasteiger partial charge in [-0.15, -0.1) is 0 Å². The largest absolute Gasteiger partial charge is 0.378 e. The molecule has 1 N–H and O–H groups in total. The number of halogens is 2. The standard InChI is InChI=1S/C25H21ClFN7O/c1-28-24-19(27)14-30-25(32-24)34-7-6-17-18-12-16(26)3-4-20(18)31-22(17)23(34)15-2-5-21(29-13-15)33-8-10-35-11-9-33/h2-5,12-14,23,31H,6-11H2/t23-/m0/s1. The number of rotatable bonds is 3. The smallest absolute Gasteiger partial charge is 0.323 e. The van der Waals surface area contributed by atoms with Crippen molar-refractivity contribution in [2.45, 2.75) is 12.5 Å². The van der Waals surface area contributed by atoms with Gasteiger partial charge in [-0.3, -0.25) is 0 Å². The molecule has 1 atom stereocenters. The molecular weight excluding hydrogens is 469 g/mol. The van der Waals surface area contributed by atoms with Crippen molar-refractivity contribution >= 4 is 40.1 Å². The summed E-state index contributed by atoms with van der Waals surface area (Å²) in [7, 11) is 0. The molecule has 0 unspecified atom stereocenters. The molecule has 0 aliphatic carbocycles. The zero-order valence-corrected chi connectivity index (χ0v) is 19.5. The summed E-state index contributed by atoms with van der Waals surface area (Å²) in [6.45, 7) is 10.8. The van der Waals surface area contributed by atoms with Crippen LogP contribution in [0.25, 0.3) is 15.7 Å². The third-order valence-corrected chi connectivity index (χ3v) is 6.82. The summed E-state index contributed by atoms with van der Waals surface area (Å²) < 4.78 is 19.5. The maximum Gasteiger partial charge on any atom is 0.323 e. The second-order valence-electron chi connectivity index (χ2n) is 8.56. The molecule has 6 rings (SSSR count). The molecule has 0 saturated carbocycles. The molecule has 1 fully saturated rings. The number of benzene rings is 1. The minimum Gasteiger partial charge on any atom is -0.378 e. The van der Waals surface area contributed by atoms with Crippen LogP contribution in [0.1, 0.15) is 22.9 Å². The van der Waals surface area contributed by atoms with Gasteiger partial charge < -0.3 is 24.4 Å². The van der Waals surface area contributed by atoms with E-state index >= 15 is 0 Å². The molecule has 3 aromatic heterocycles. The van der Waals surface area contributed by atoms with Gasteiger partial charge >= 0.3 is 11.8 Å². The van der Waals surface area contributed by atoms with E-state index in [2.05, 4.69) is 30.8 Å². The van der Waals surface area contributed by atoms with Crippen LogP contribution in [0.4, 0.5) is 22.0 Å². The van der Waals surface area contributed by atoms with Gasteiger partial charge in [0.2, 0.25) is 0 Å². The van der Waals surface area contributed by atoms with E-state index in [0.29, 0.717) is 30.7 Å². The average Bonchev–Trinajstić information content (AvgIpc) is 3.27. The number of morpholine rings is 1. The Labute approximate surface area is 206 Å². The van der Waals surface area contributed by atoms with E-state index in [-0.39, 0.29) is 11.9 Å². The van der Waals surface area contributed by atoms with E-state index in [0.717, 1.165) is 53.7 Å². The zero-order chi connectivity index (χ0) is 23.9. The van der Waals surface area contributed by atoms with Crippen LogP contribution in [0, 0.1) is 12.4 Å². The van der Waals surface area contributed by atoms with Crippen molar-refractivity contribution in [2.24, 2.45) is 0 Å². The summed E-state index contributed by atoms with van der Waals surface area (Å²) in [6.07, 6.45) is 3.65. The van der Waals surface area contributed by atoms with Crippen molar-refractivity contribution in [1.29, 1.82) is 0 Å². The summed E-state index contributed by atoms with van der Waals surface area (Å²) in [6, 6.07) is 9.60. The first-order chi connectivity index (χ1) is 17.1. The monoisotopic (exact) mass is 489 g/mol. The van der Waals surface area contributed by atoms with Crippen LogP contribution in [-0.4, -0.2) is 52.8 Å². The number of aromatic amines is 1. The number of hydrogen-bond acceptors (Lipinski definition) is 6. The molecule has 0 bridgehead atoms. The van der Waals surface area contributed by atoms with Gasteiger partial charge in [-0.25, -0.2) is 9.37 Å². The van der Waals surface area contributed by atoms with Gasteiger partial charge in [0.25, 0.3) is 0 Å². The minimum absolute atomic E-state index is 0.288. The fourth-order valence-electron chi connectivity index (χ4n) is 4.93. The van der Waals surface area contributed by atoms with E-state index in [1.54, 1.807) is 0 Å². The van der Waals surface area contributed by atoms with Crippen molar-refractivity contribution in [3.8, 4) is 0 Å². The second-order valence-corrected chi connectivity index (χ2v) is 8.99. The first-order valence-corrected chi connectivity index (χ1v) is 11.8. The molecule has 10 heteroatoms. The molecule has 176 valence electrons. The quantitative estimate of drug-likeness (QED) is 0.421. The van der Waals surface area contributed by atoms with Crippen LogP contribution >= 0.6 is 11.6 Å². The number of ether oxygens (including phenoxy) is 1. The molecule has 2 aliphatic rings. The Morgan fingerprint density at radius 1 is 1.11 bits per heavy atom. The van der Waals surface area contributed by atoms with Gasteiger partial charge in [-0.1, -0.05) is 29.2 Å². The summed E-state index contributed by atoms with van der Waals surface area (Å²) in [5, 5.41) is 1.76. The molecule has 0 radical (unpaired) electrons. The van der Waals surface area contributed by atoms with Crippen LogP contribution in [0.5, 0.6) is 0 Å². The number of H-pyrrole nitrogens is 1. The normalized spacial score (nSPS) is 17.9. The third-order valence-electron chi connectivity index (χ3n) is 6.59. The Balaban J connectivity index is 1.46. The lowest BCUT2D eigenvalue weighted by Gasteiger charge is -2.35. The molecule has 2 aliphatic heterocycles. The highest BCUT2D eigenvalue weighted by Crippen LogP contribution is 2.40. The predicted molar refractivity (Wildman–Crippen MR) is 132 cm³/mol. The Morgan fingerprint density at radius 3 is 2.74 bits per heavy atom. The van der Waals surface area contributed by atoms with Gasteiger partial charge in [0.05, 0.1) is 19.4 Å². The Bertz CT molecular complexity index is 1440. The fourth-order valence-corrected chi connectivity index (χ4v) is 5.10. The van der Waals surface area contributed by atoms with E-state index in [1.165, 1.54) is 5.56 Å². The van der Waals surface area contributed by atoms with Crippen LogP contribution in [0.3, 0.4) is 0 Å². The minimum atomic E-state index is -0.727. The van der Waals surface area contributed by atoms with Crippen LogP contribution in [-0.2, 0) is 11.2 Å². The molecule has 1 aromatic carbocycles. The number of anilines is 2. The first kappa shape index (κ1) is 21.8. The van der Waals surface area contributed by atoms with Gasteiger partial charge in [0.15, 0.2) is 5.82 Å². The highest BCUT2D eigenvalue weighted by Gasteiger charge is 2.35. The lowest BCUT2D eigenvalue weighted by molar-refractivity contribution is 0.122. The number of fused-ring (bicyclic) bond motifs is 3. The molecule has 35 heavy (non-hydrogen) atoms. The SMILES string of the molecule is [C-]#[N+]c1nc(N2CCc3c([nH]c4ccc(Cl)cc34)[C@@H]2c2ccc(N3CCOCC3)nc2)ncc1F. The molecule has 1 saturated heterocycles. The van der Waals surface area contributed by atoms with Crippen molar-refractivity contribution in [3.05, 3.63) is 81.8 Å². The number of pyridine rings is 1. The first-order valence-electron chi connectivity index (χ1n) is 11.4. The second kappa shape index (κ2) is 8.80. The maximum absolute atomic E-state index is 14.0. The van der Waals surface area contributed by atoms with Crippen molar-refractivity contribution < 1.29 is 9.13 Å². The van der Waals surface area contributed by atoms with Gasteiger partial charge in [0, 0.05) is 47.5 Å². The van der Waals surface area contributed by atoms with Gasteiger partial charge in [-0.05, 0) is 41.8 Å². The molecular formula is C25H21ClFN7O. The van der Waals surface area contributed by atoms with Crippen LogP contribution < -0.4 is 9.80 Å². The number of nitrogens with zero attached hydrogens (tertiary/aromatic N) is 6. The summed E-state index contributed by atoms with van der Waals surface area (Å²) in [4.78, 5) is 24.2. The third kappa shape index (κ3) is 3.85. The number of nitrogens with one attached hydrogen (secondary N) is 1. The fraction of sp³-hybridized carbons (Fsp3) is 0.280. The van der Waals surface area contributed by atoms with E-state index < -0.39 is 5.82 Å². The number of hydrogen-bond donors (Lipinski definition) is 1. The van der Waals surface area contributed by atoms with Crippen molar-refractivity contribution in [2.75, 3.05) is 42.6 Å². The van der Waals surface area contributed by atoms with Gasteiger partial charge in [-0.2, -0.15) is 4.98 Å². The predicted octanol–water partition coefficient (Wildman–Crippen LogP) is 4.68. The summed E-state index contributed by atoms with van der Waals surface area (Å²) in [5.74, 6) is 0.192. The topological polar surface area (TPSA) is 74.5 Å². The maximum atomic E-state index is 14.0. The van der Waals surface area contributed by atoms with Crippen LogP contribution in [0.2, 0.25) is 5.02 Å². The lowest BCUT2D eigenvalue weighted by Crippen LogP contribution is -2.38. The van der Waals surface area contributed by atoms with Crippen molar-refractivity contribution in [3.63, 3.8) is 0 Å². The lowest BCUT2D eigenvalue weighted by atomic mass is 9.93. The van der Waals surface area contributed by atoms with Crippen LogP contribution in [0.15, 0.2) is 42.7 Å². The average molecular weight is 490 g/mol. The van der Waals surface area contributed by atoms with Crippen molar-refractivity contribution in [1.82, 2.24) is 19.9 Å². The summed E-state index contributed by atoms with van der Waals surface area (Å²) in [5.41, 5.74) is 4.10. The zero-order valence-electron chi connectivity index (χ0n) is 18.7. The molecule has 8 nitrogen and oxygen atoms in total. The molecule has 5 heterocycles. The Kier molecular flexibility index (Phi) is 5.47. The molecule has 0 spiro atoms. The summed E-state index contributed by atoms with van der Waals surface area (Å²) >= 11 is 6.30. The molecule has 0 amide bonds. The van der Waals surface area contributed by atoms with E-state index in [9.17, 15) is 4.39 Å². The van der Waals surface area contributed by atoms with E-state index in [4.69, 9.17) is 27.9 Å². The van der Waals surface area contributed by atoms with E-state index in [1.807, 2.05) is 35.4 Å². The number of aromatic nitrogens is 4. The highest BCUT2D eigenvalue weighted by atomic mass is 35.5. The van der Waals surface area contributed by atoms with Gasteiger partial charge in [0.1, 0.15) is 11.9 Å². The Hall–Kier alpha value is -3.74. The molecule has 4 aromatic rings. The Morgan fingerprint density at radius 2 is 1.97 bits per heavy atom. The highest BCUT2D eigenvalue weighted by molar-refractivity contribution is 6.31.